The predicted octanol–water partition coefficient (Wildman–Crippen LogP) is 4.67. The zero-order valence-corrected chi connectivity index (χ0v) is 14.2. The van der Waals surface area contributed by atoms with Gasteiger partial charge in [-0.3, -0.25) is 0 Å². The van der Waals surface area contributed by atoms with Gasteiger partial charge in [-0.05, 0) is 69.7 Å². The second-order valence-electron chi connectivity index (χ2n) is 6.08. The molecule has 2 aromatic carbocycles. The Morgan fingerprint density at radius 2 is 1.45 bits per heavy atom. The quantitative estimate of drug-likeness (QED) is 0.608. The number of ether oxygens (including phenoxy) is 1. The van der Waals surface area contributed by atoms with E-state index < -0.39 is 11.4 Å². The van der Waals surface area contributed by atoms with Gasteiger partial charge in [0.15, 0.2) is 0 Å². The van der Waals surface area contributed by atoms with Crippen LogP contribution in [0.3, 0.4) is 0 Å². The van der Waals surface area contributed by atoms with Crippen LogP contribution in [0.4, 0.5) is 0 Å². The van der Waals surface area contributed by atoms with E-state index in [0.717, 1.165) is 17.1 Å². The smallest absolute Gasteiger partial charge is 0.144 e. The van der Waals surface area contributed by atoms with Crippen LogP contribution >= 0.6 is 0 Å². The highest BCUT2D eigenvalue weighted by atomic mass is 32.2. The van der Waals surface area contributed by atoms with E-state index in [1.165, 1.54) is 5.56 Å². The summed E-state index contributed by atoms with van der Waals surface area (Å²) in [5.74, 6) is 1.57. The monoisotopic (exact) mass is 315 g/mol. The Bertz CT molecular complexity index is 628. The molecular formula is C18H21NO2S. The number of hydrogen-bond acceptors (Lipinski definition) is 3. The molecule has 0 N–H and O–H groups in total. The summed E-state index contributed by atoms with van der Waals surface area (Å²) in [5, 5.41) is 0. The van der Waals surface area contributed by atoms with Crippen molar-refractivity contribution in [1.29, 1.82) is 0 Å². The first kappa shape index (κ1) is 16.6. The van der Waals surface area contributed by atoms with Crippen LogP contribution in [0.25, 0.3) is 0 Å². The molecule has 0 radical (unpaired) electrons. The minimum atomic E-state index is -1.24. The molecule has 0 fully saturated rings. The minimum Gasteiger partial charge on any atom is -0.591 e. The summed E-state index contributed by atoms with van der Waals surface area (Å²) in [5.41, 5.74) is 2.10. The van der Waals surface area contributed by atoms with Gasteiger partial charge in [-0.1, -0.05) is 22.1 Å². The summed E-state index contributed by atoms with van der Waals surface area (Å²) in [6, 6.07) is 15.5. The van der Waals surface area contributed by atoms with Crippen LogP contribution < -0.4 is 4.74 Å². The minimum absolute atomic E-state index is 0.342. The van der Waals surface area contributed by atoms with Crippen LogP contribution in [-0.2, 0) is 11.4 Å². The molecule has 0 saturated carbocycles. The lowest BCUT2D eigenvalue weighted by molar-refractivity contribution is 0.482. The molecule has 4 heteroatoms. The number of hydrogen-bond donors (Lipinski definition) is 0. The van der Waals surface area contributed by atoms with Crippen molar-refractivity contribution in [3.05, 3.63) is 59.7 Å². The van der Waals surface area contributed by atoms with Gasteiger partial charge < -0.3 is 9.29 Å². The van der Waals surface area contributed by atoms with Crippen LogP contribution in [0.1, 0.15) is 31.9 Å². The van der Waals surface area contributed by atoms with Crippen molar-refractivity contribution < 1.29 is 9.29 Å². The van der Waals surface area contributed by atoms with Crippen LogP contribution in [0, 0.1) is 6.92 Å². The fourth-order valence-electron chi connectivity index (χ4n) is 1.63. The Balaban J connectivity index is 2.01. The maximum atomic E-state index is 11.9. The summed E-state index contributed by atoms with van der Waals surface area (Å²) in [7, 11) is 0. The van der Waals surface area contributed by atoms with Gasteiger partial charge in [-0.2, -0.15) is 0 Å². The summed E-state index contributed by atoms with van der Waals surface area (Å²) in [6.07, 6.45) is 1.64. The maximum absolute atomic E-state index is 11.9. The fraction of sp³-hybridized carbons (Fsp3) is 0.278. The molecule has 0 spiro atoms. The van der Waals surface area contributed by atoms with E-state index in [1.54, 1.807) is 6.21 Å². The first-order chi connectivity index (χ1) is 10.3. The SMILES string of the molecule is Cc1ccc(Oc2ccc(C=N[S@+]([O-])C(C)(C)C)cc2)cc1. The highest BCUT2D eigenvalue weighted by molar-refractivity contribution is 7.91. The van der Waals surface area contributed by atoms with Gasteiger partial charge >= 0.3 is 0 Å². The Morgan fingerprint density at radius 1 is 0.955 bits per heavy atom. The van der Waals surface area contributed by atoms with Crippen molar-refractivity contribution in [2.24, 2.45) is 4.40 Å². The standard InChI is InChI=1S/C18H21NO2S/c1-14-5-9-16(10-6-14)21-17-11-7-15(8-12-17)13-19-22(20)18(2,3)4/h5-13H,1-4H3/t22-/m1/s1. The van der Waals surface area contributed by atoms with Crippen LogP contribution in [0.5, 0.6) is 11.5 Å². The van der Waals surface area contributed by atoms with Crippen molar-refractivity contribution in [3.63, 3.8) is 0 Å². The Morgan fingerprint density at radius 3 is 1.95 bits per heavy atom. The van der Waals surface area contributed by atoms with Crippen molar-refractivity contribution in [3.8, 4) is 11.5 Å². The predicted molar refractivity (Wildman–Crippen MR) is 93.2 cm³/mol. The van der Waals surface area contributed by atoms with Crippen molar-refractivity contribution >= 4 is 17.6 Å². The van der Waals surface area contributed by atoms with E-state index in [0.29, 0.717) is 0 Å². The van der Waals surface area contributed by atoms with Crippen molar-refractivity contribution in [2.75, 3.05) is 0 Å². The topological polar surface area (TPSA) is 44.6 Å². The summed E-state index contributed by atoms with van der Waals surface area (Å²) in [4.78, 5) is 0. The van der Waals surface area contributed by atoms with Crippen molar-refractivity contribution in [1.82, 2.24) is 0 Å². The summed E-state index contributed by atoms with van der Waals surface area (Å²) < 4.78 is 21.4. The molecule has 0 aliphatic heterocycles. The lowest BCUT2D eigenvalue weighted by Gasteiger charge is -2.17. The molecule has 3 nitrogen and oxygen atoms in total. The molecule has 0 saturated heterocycles. The molecule has 0 heterocycles. The first-order valence-electron chi connectivity index (χ1n) is 7.15. The van der Waals surface area contributed by atoms with Gasteiger partial charge in [-0.25, -0.2) is 0 Å². The zero-order chi connectivity index (χ0) is 16.2. The molecule has 0 bridgehead atoms. The van der Waals surface area contributed by atoms with Gasteiger partial charge in [0, 0.05) is 0 Å². The van der Waals surface area contributed by atoms with E-state index in [4.69, 9.17) is 4.74 Å². The third-order valence-corrected chi connectivity index (χ3v) is 4.30. The third kappa shape index (κ3) is 4.90. The van der Waals surface area contributed by atoms with E-state index >= 15 is 0 Å². The Hall–Kier alpha value is -1.78. The molecular weight excluding hydrogens is 294 g/mol. The largest absolute Gasteiger partial charge is 0.591 e. The lowest BCUT2D eigenvalue weighted by Crippen LogP contribution is -2.25. The van der Waals surface area contributed by atoms with Gasteiger partial charge in [0.1, 0.15) is 27.6 Å². The number of nitrogens with zero attached hydrogens (tertiary/aromatic N) is 1. The molecule has 0 amide bonds. The molecule has 22 heavy (non-hydrogen) atoms. The molecule has 0 aromatic heterocycles. The number of rotatable bonds is 4. The lowest BCUT2D eigenvalue weighted by atomic mass is 10.2. The molecule has 0 aliphatic rings. The van der Waals surface area contributed by atoms with Crippen molar-refractivity contribution in [2.45, 2.75) is 32.4 Å². The van der Waals surface area contributed by atoms with Crippen LogP contribution in [-0.4, -0.2) is 15.5 Å². The van der Waals surface area contributed by atoms with Crippen LogP contribution in [0.2, 0.25) is 0 Å². The van der Waals surface area contributed by atoms with E-state index in [1.807, 2.05) is 76.2 Å². The maximum Gasteiger partial charge on any atom is 0.144 e. The molecule has 116 valence electrons. The molecule has 1 atom stereocenters. The fourth-order valence-corrected chi connectivity index (χ4v) is 2.16. The highest BCUT2D eigenvalue weighted by Crippen LogP contribution is 2.22. The van der Waals surface area contributed by atoms with Crippen LogP contribution in [0.15, 0.2) is 52.9 Å². The highest BCUT2D eigenvalue weighted by Gasteiger charge is 2.25. The third-order valence-electron chi connectivity index (χ3n) is 2.96. The molecule has 2 rings (SSSR count). The zero-order valence-electron chi connectivity index (χ0n) is 13.4. The van der Waals surface area contributed by atoms with Gasteiger partial charge in [-0.15, -0.1) is 0 Å². The number of benzene rings is 2. The normalized spacial score (nSPS) is 13.3. The average molecular weight is 315 g/mol. The Kier molecular flexibility index (Phi) is 5.27. The van der Waals surface area contributed by atoms with Gasteiger partial charge in [0.25, 0.3) is 0 Å². The van der Waals surface area contributed by atoms with E-state index in [9.17, 15) is 4.55 Å². The van der Waals surface area contributed by atoms with E-state index in [-0.39, 0.29) is 4.75 Å². The van der Waals surface area contributed by atoms with Gasteiger partial charge in [0.05, 0.1) is 6.21 Å². The summed E-state index contributed by atoms with van der Waals surface area (Å²) >= 11 is -1.24. The number of aryl methyl sites for hydroxylation is 1. The molecule has 0 aliphatic carbocycles. The molecule has 0 unspecified atom stereocenters. The van der Waals surface area contributed by atoms with E-state index in [2.05, 4.69) is 4.40 Å². The summed E-state index contributed by atoms with van der Waals surface area (Å²) in [6.45, 7) is 7.75. The second-order valence-corrected chi connectivity index (χ2v) is 8.01. The first-order valence-corrected chi connectivity index (χ1v) is 8.26. The molecule has 2 aromatic rings. The average Bonchev–Trinajstić information content (AvgIpc) is 2.47. The Labute approximate surface area is 135 Å². The second kappa shape index (κ2) is 6.99. The van der Waals surface area contributed by atoms with Gasteiger partial charge in [0.2, 0.25) is 0 Å².